The second kappa shape index (κ2) is 4.66. The lowest BCUT2D eigenvalue weighted by molar-refractivity contribution is 0.302. The van der Waals surface area contributed by atoms with Gasteiger partial charge in [0.05, 0.1) is 14.2 Å². The third kappa shape index (κ3) is 2.14. The number of nitrogens with zero attached hydrogens (tertiary/aromatic N) is 1. The highest BCUT2D eigenvalue weighted by molar-refractivity contribution is 5.93. The van der Waals surface area contributed by atoms with E-state index >= 15 is 0 Å². The molecule has 0 bridgehead atoms. The summed E-state index contributed by atoms with van der Waals surface area (Å²) in [5, 5.41) is 0. The van der Waals surface area contributed by atoms with Crippen molar-refractivity contribution in [1.29, 1.82) is 0 Å². The fraction of sp³-hybridized carbons (Fsp3) is 0.154. The fourth-order valence-electron chi connectivity index (χ4n) is 1.47. The molecular formula is C13H13NO2. The lowest BCUT2D eigenvalue weighted by Gasteiger charge is -2.00. The second-order valence-electron chi connectivity index (χ2n) is 3.31. The Balaban J connectivity index is 2.31. The van der Waals surface area contributed by atoms with Crippen LogP contribution in [0.1, 0.15) is 5.56 Å². The Morgan fingerprint density at radius 3 is 2.44 bits per heavy atom. The molecule has 0 aromatic heterocycles. The Morgan fingerprint density at radius 1 is 1.06 bits per heavy atom. The van der Waals surface area contributed by atoms with E-state index in [1.807, 2.05) is 36.4 Å². The van der Waals surface area contributed by atoms with E-state index in [4.69, 9.17) is 9.47 Å². The molecule has 3 nitrogen and oxygen atoms in total. The summed E-state index contributed by atoms with van der Waals surface area (Å²) in [5.41, 5.74) is 1.87. The van der Waals surface area contributed by atoms with E-state index in [1.54, 1.807) is 20.3 Å². The van der Waals surface area contributed by atoms with E-state index in [-0.39, 0.29) is 0 Å². The minimum atomic E-state index is 0.569. The first-order valence-electron chi connectivity index (χ1n) is 4.99. The largest absolute Gasteiger partial charge is 0.494 e. The fourth-order valence-corrected chi connectivity index (χ4v) is 1.47. The smallest absolute Gasteiger partial charge is 0.217 e. The number of hydrogen-bond donors (Lipinski definition) is 0. The molecule has 0 unspecified atom stereocenters. The maximum atomic E-state index is 5.23. The van der Waals surface area contributed by atoms with Crippen molar-refractivity contribution in [2.75, 3.05) is 14.2 Å². The van der Waals surface area contributed by atoms with Crippen molar-refractivity contribution in [1.82, 2.24) is 0 Å². The van der Waals surface area contributed by atoms with E-state index in [1.165, 1.54) is 0 Å². The minimum Gasteiger partial charge on any atom is -0.494 e. The maximum Gasteiger partial charge on any atom is 0.217 e. The predicted octanol–water partition coefficient (Wildman–Crippen LogP) is 2.62. The van der Waals surface area contributed by atoms with E-state index < -0.39 is 0 Å². The van der Waals surface area contributed by atoms with Gasteiger partial charge in [-0.3, -0.25) is 0 Å². The zero-order valence-corrected chi connectivity index (χ0v) is 9.31. The normalized spacial score (nSPS) is 17.0. The monoisotopic (exact) mass is 215 g/mol. The average Bonchev–Trinajstić information content (AvgIpc) is 2.73. The third-order valence-electron chi connectivity index (χ3n) is 2.27. The van der Waals surface area contributed by atoms with Gasteiger partial charge in [0.1, 0.15) is 11.5 Å². The zero-order valence-electron chi connectivity index (χ0n) is 9.31. The Morgan fingerprint density at radius 2 is 1.81 bits per heavy atom. The summed E-state index contributed by atoms with van der Waals surface area (Å²) < 4.78 is 10.3. The van der Waals surface area contributed by atoms with Crippen LogP contribution in [0, 0.1) is 0 Å². The Bertz CT molecular complexity index is 458. The van der Waals surface area contributed by atoms with Gasteiger partial charge in [-0.25, -0.2) is 4.99 Å². The molecule has 0 aliphatic carbocycles. The van der Waals surface area contributed by atoms with Crippen molar-refractivity contribution in [3.8, 4) is 0 Å². The zero-order chi connectivity index (χ0) is 11.4. The number of benzene rings is 1. The highest BCUT2D eigenvalue weighted by Gasteiger charge is 2.14. The Hall–Kier alpha value is -2.03. The van der Waals surface area contributed by atoms with Gasteiger partial charge in [0.25, 0.3) is 0 Å². The summed E-state index contributed by atoms with van der Waals surface area (Å²) in [6.45, 7) is 0. The molecule has 0 saturated carbocycles. The summed E-state index contributed by atoms with van der Waals surface area (Å²) in [6.07, 6.45) is 3.73. The number of rotatable bonds is 2. The van der Waals surface area contributed by atoms with Gasteiger partial charge in [-0.2, -0.15) is 0 Å². The molecular weight excluding hydrogens is 202 g/mol. The van der Waals surface area contributed by atoms with Crippen LogP contribution in [-0.2, 0) is 9.47 Å². The van der Waals surface area contributed by atoms with Crippen molar-refractivity contribution in [3.63, 3.8) is 0 Å². The molecule has 1 aromatic rings. The number of methoxy groups -OCH3 is 2. The molecule has 1 aliphatic rings. The van der Waals surface area contributed by atoms with Gasteiger partial charge in [0, 0.05) is 6.08 Å². The predicted molar refractivity (Wildman–Crippen MR) is 64.0 cm³/mol. The molecule has 0 radical (unpaired) electrons. The van der Waals surface area contributed by atoms with E-state index in [0.29, 0.717) is 5.90 Å². The van der Waals surface area contributed by atoms with Crippen LogP contribution in [0.5, 0.6) is 0 Å². The molecule has 0 atom stereocenters. The van der Waals surface area contributed by atoms with E-state index in [2.05, 4.69) is 4.99 Å². The third-order valence-corrected chi connectivity index (χ3v) is 2.27. The van der Waals surface area contributed by atoms with Crippen LogP contribution in [0.3, 0.4) is 0 Å². The maximum absolute atomic E-state index is 5.23. The number of hydrogen-bond acceptors (Lipinski definition) is 3. The molecule has 1 aliphatic heterocycles. The first-order valence-corrected chi connectivity index (χ1v) is 4.99. The van der Waals surface area contributed by atoms with Crippen molar-refractivity contribution in [2.45, 2.75) is 0 Å². The molecule has 0 spiro atoms. The first-order chi connectivity index (χ1) is 7.83. The van der Waals surface area contributed by atoms with Crippen molar-refractivity contribution in [3.05, 3.63) is 53.4 Å². The van der Waals surface area contributed by atoms with Gasteiger partial charge in [-0.1, -0.05) is 30.3 Å². The van der Waals surface area contributed by atoms with Crippen LogP contribution in [0.2, 0.25) is 0 Å². The highest BCUT2D eigenvalue weighted by Crippen LogP contribution is 2.22. The lowest BCUT2D eigenvalue weighted by Crippen LogP contribution is -1.91. The molecule has 0 N–H and O–H groups in total. The summed E-state index contributed by atoms with van der Waals surface area (Å²) in [4.78, 5) is 4.29. The molecule has 3 heteroatoms. The van der Waals surface area contributed by atoms with Crippen LogP contribution in [0.4, 0.5) is 0 Å². The lowest BCUT2D eigenvalue weighted by atomic mass is 10.2. The van der Waals surface area contributed by atoms with Crippen molar-refractivity contribution < 1.29 is 9.47 Å². The molecule has 0 amide bonds. The van der Waals surface area contributed by atoms with Gasteiger partial charge in [-0.15, -0.1) is 0 Å². The molecule has 2 rings (SSSR count). The molecule has 1 heterocycles. The second-order valence-corrected chi connectivity index (χ2v) is 3.31. The topological polar surface area (TPSA) is 30.8 Å². The number of aliphatic imine (C=N–C) groups is 1. The highest BCUT2D eigenvalue weighted by atomic mass is 16.5. The van der Waals surface area contributed by atoms with Gasteiger partial charge in [0.2, 0.25) is 5.90 Å². The quantitative estimate of drug-likeness (QED) is 0.759. The van der Waals surface area contributed by atoms with Crippen LogP contribution in [0.15, 0.2) is 52.9 Å². The standard InChI is InChI=1S/C13H13NO2/c1-15-12-9-13(16-2)14-11(12)8-10-6-4-3-5-7-10/h3-9H,1-2H3/b11-8-. The molecule has 82 valence electrons. The summed E-state index contributed by atoms with van der Waals surface area (Å²) >= 11 is 0. The van der Waals surface area contributed by atoms with E-state index in [9.17, 15) is 0 Å². The van der Waals surface area contributed by atoms with Gasteiger partial charge >= 0.3 is 0 Å². The van der Waals surface area contributed by atoms with E-state index in [0.717, 1.165) is 17.0 Å². The van der Waals surface area contributed by atoms with Crippen LogP contribution in [-0.4, -0.2) is 20.1 Å². The molecule has 16 heavy (non-hydrogen) atoms. The summed E-state index contributed by atoms with van der Waals surface area (Å²) in [7, 11) is 3.22. The molecule has 1 aromatic carbocycles. The van der Waals surface area contributed by atoms with Crippen LogP contribution in [0.25, 0.3) is 6.08 Å². The molecule has 0 fully saturated rings. The summed E-state index contributed by atoms with van der Waals surface area (Å²) in [5.74, 6) is 1.29. The van der Waals surface area contributed by atoms with Crippen molar-refractivity contribution in [2.24, 2.45) is 4.99 Å². The van der Waals surface area contributed by atoms with Gasteiger partial charge in [0.15, 0.2) is 0 Å². The van der Waals surface area contributed by atoms with Gasteiger partial charge in [-0.05, 0) is 11.6 Å². The van der Waals surface area contributed by atoms with Crippen LogP contribution >= 0.6 is 0 Å². The van der Waals surface area contributed by atoms with Crippen LogP contribution < -0.4 is 0 Å². The average molecular weight is 215 g/mol. The van der Waals surface area contributed by atoms with Gasteiger partial charge < -0.3 is 9.47 Å². The Kier molecular flexibility index (Phi) is 3.05. The molecule has 0 saturated heterocycles. The number of ether oxygens (including phenoxy) is 2. The summed E-state index contributed by atoms with van der Waals surface area (Å²) in [6, 6.07) is 9.98. The minimum absolute atomic E-state index is 0.569. The first kappa shape index (κ1) is 10.5. The Labute approximate surface area is 94.7 Å². The van der Waals surface area contributed by atoms with Crippen molar-refractivity contribution >= 4 is 12.0 Å². The SMILES string of the molecule is COC1=CC(OC)=N/C1=C\c1ccccc1.